The van der Waals surface area contributed by atoms with Crippen LogP contribution in [0.2, 0.25) is 0 Å². The molecule has 1 aromatic carbocycles. The van der Waals surface area contributed by atoms with E-state index in [2.05, 4.69) is 15.9 Å². The summed E-state index contributed by atoms with van der Waals surface area (Å²) in [5, 5.41) is 0. The number of hydrogen-bond acceptors (Lipinski definition) is 4. The molecule has 0 fully saturated rings. The summed E-state index contributed by atoms with van der Waals surface area (Å²) in [6.07, 6.45) is 0. The SMILES string of the molecule is COC(=O)C1=C(C)N(C)C(=O)N(C)C1c1cc(Br)ccc1OC. The molecule has 1 aliphatic heterocycles. The van der Waals surface area contributed by atoms with E-state index in [-0.39, 0.29) is 6.03 Å². The lowest BCUT2D eigenvalue weighted by molar-refractivity contribution is -0.137. The van der Waals surface area contributed by atoms with E-state index >= 15 is 0 Å². The molecule has 0 spiro atoms. The molecular formula is C16H19BrN2O4. The number of hydrogen-bond donors (Lipinski definition) is 0. The normalized spacial score (nSPS) is 18.3. The maximum atomic E-state index is 12.5. The van der Waals surface area contributed by atoms with Gasteiger partial charge in [0.15, 0.2) is 0 Å². The topological polar surface area (TPSA) is 59.1 Å². The number of nitrogens with zero attached hydrogens (tertiary/aromatic N) is 2. The molecule has 0 N–H and O–H groups in total. The van der Waals surface area contributed by atoms with Crippen molar-refractivity contribution < 1.29 is 19.1 Å². The van der Waals surface area contributed by atoms with Gasteiger partial charge in [-0.2, -0.15) is 0 Å². The number of urea groups is 1. The highest BCUT2D eigenvalue weighted by Gasteiger charge is 2.40. The van der Waals surface area contributed by atoms with Gasteiger partial charge in [0, 0.05) is 29.8 Å². The molecule has 7 heteroatoms. The smallest absolute Gasteiger partial charge is 0.337 e. The van der Waals surface area contributed by atoms with E-state index in [1.165, 1.54) is 16.9 Å². The number of benzene rings is 1. The van der Waals surface area contributed by atoms with Crippen molar-refractivity contribution in [3.8, 4) is 5.75 Å². The summed E-state index contributed by atoms with van der Waals surface area (Å²) in [6.45, 7) is 1.73. The fourth-order valence-corrected chi connectivity index (χ4v) is 3.09. The number of rotatable bonds is 3. The molecule has 0 aliphatic carbocycles. The van der Waals surface area contributed by atoms with Crippen LogP contribution >= 0.6 is 15.9 Å². The van der Waals surface area contributed by atoms with Gasteiger partial charge in [-0.25, -0.2) is 9.59 Å². The molecule has 124 valence electrons. The van der Waals surface area contributed by atoms with Gasteiger partial charge in [-0.05, 0) is 25.1 Å². The van der Waals surface area contributed by atoms with Crippen molar-refractivity contribution in [3.63, 3.8) is 0 Å². The molecule has 23 heavy (non-hydrogen) atoms. The van der Waals surface area contributed by atoms with Crippen LogP contribution in [-0.2, 0) is 9.53 Å². The zero-order valence-electron chi connectivity index (χ0n) is 13.7. The van der Waals surface area contributed by atoms with Gasteiger partial charge in [0.25, 0.3) is 0 Å². The second-order valence-electron chi connectivity index (χ2n) is 5.23. The molecule has 0 radical (unpaired) electrons. The standard InChI is InChI=1S/C16H19BrN2O4/c1-9-13(15(20)23-5)14(19(3)16(21)18(9)2)11-8-10(17)6-7-12(11)22-4/h6-8,14H,1-5H3. The third-order valence-electron chi connectivity index (χ3n) is 4.03. The van der Waals surface area contributed by atoms with E-state index in [4.69, 9.17) is 9.47 Å². The summed E-state index contributed by atoms with van der Waals surface area (Å²) in [6, 6.07) is 4.68. The number of methoxy groups -OCH3 is 2. The Morgan fingerprint density at radius 1 is 1.26 bits per heavy atom. The van der Waals surface area contributed by atoms with Crippen LogP contribution < -0.4 is 4.74 Å². The van der Waals surface area contributed by atoms with Crippen molar-refractivity contribution in [3.05, 3.63) is 39.5 Å². The monoisotopic (exact) mass is 382 g/mol. The lowest BCUT2D eigenvalue weighted by Gasteiger charge is -2.39. The highest BCUT2D eigenvalue weighted by Crippen LogP contribution is 2.40. The molecule has 2 amide bonds. The average Bonchev–Trinajstić information content (AvgIpc) is 2.55. The second kappa shape index (κ2) is 6.62. The number of amides is 2. The molecule has 1 unspecified atom stereocenters. The fraction of sp³-hybridized carbons (Fsp3) is 0.375. The Morgan fingerprint density at radius 3 is 2.48 bits per heavy atom. The third-order valence-corrected chi connectivity index (χ3v) is 4.53. The first-order chi connectivity index (χ1) is 10.8. The van der Waals surface area contributed by atoms with E-state index in [9.17, 15) is 9.59 Å². The highest BCUT2D eigenvalue weighted by atomic mass is 79.9. The summed E-state index contributed by atoms with van der Waals surface area (Å²) in [5.74, 6) is 0.123. The van der Waals surface area contributed by atoms with Crippen LogP contribution in [0.25, 0.3) is 0 Å². The van der Waals surface area contributed by atoms with Crippen LogP contribution in [0.1, 0.15) is 18.5 Å². The maximum absolute atomic E-state index is 12.5. The van der Waals surface area contributed by atoms with E-state index < -0.39 is 12.0 Å². The number of carbonyl (C=O) groups excluding carboxylic acids is 2. The predicted octanol–water partition coefficient (Wildman–Crippen LogP) is 2.94. The van der Waals surface area contributed by atoms with Crippen LogP contribution in [0, 0.1) is 0 Å². The molecule has 0 aromatic heterocycles. The number of ether oxygens (including phenoxy) is 2. The first kappa shape index (κ1) is 17.3. The van der Waals surface area contributed by atoms with E-state index in [0.29, 0.717) is 22.6 Å². The van der Waals surface area contributed by atoms with E-state index in [1.54, 1.807) is 34.2 Å². The Hall–Kier alpha value is -2.02. The molecule has 1 atom stereocenters. The Labute approximate surface area is 143 Å². The third kappa shape index (κ3) is 2.93. The molecular weight excluding hydrogens is 364 g/mol. The van der Waals surface area contributed by atoms with Crippen LogP contribution in [0.3, 0.4) is 0 Å². The highest BCUT2D eigenvalue weighted by molar-refractivity contribution is 9.10. The molecule has 0 bridgehead atoms. The van der Waals surface area contributed by atoms with Gasteiger partial charge in [0.2, 0.25) is 0 Å². The van der Waals surface area contributed by atoms with Gasteiger partial charge in [0.05, 0.1) is 25.8 Å². The Balaban J connectivity index is 2.73. The van der Waals surface area contributed by atoms with Gasteiger partial charge in [-0.3, -0.25) is 0 Å². The predicted molar refractivity (Wildman–Crippen MR) is 89.1 cm³/mol. The fourth-order valence-electron chi connectivity index (χ4n) is 2.72. The van der Waals surface area contributed by atoms with Gasteiger partial charge >= 0.3 is 12.0 Å². The molecule has 1 heterocycles. The lowest BCUT2D eigenvalue weighted by atomic mass is 9.93. The summed E-state index contributed by atoms with van der Waals surface area (Å²) in [4.78, 5) is 27.8. The van der Waals surface area contributed by atoms with Crippen molar-refractivity contribution in [2.24, 2.45) is 0 Å². The van der Waals surface area contributed by atoms with Crippen molar-refractivity contribution in [1.82, 2.24) is 9.80 Å². The minimum absolute atomic E-state index is 0.206. The quantitative estimate of drug-likeness (QED) is 0.754. The number of carbonyl (C=O) groups is 2. The molecule has 0 saturated heterocycles. The average molecular weight is 383 g/mol. The van der Waals surface area contributed by atoms with Crippen molar-refractivity contribution in [2.75, 3.05) is 28.3 Å². The number of allylic oxidation sites excluding steroid dienone is 1. The minimum atomic E-state index is -0.585. The van der Waals surface area contributed by atoms with Crippen LogP contribution in [0.4, 0.5) is 4.79 Å². The zero-order valence-corrected chi connectivity index (χ0v) is 15.3. The van der Waals surface area contributed by atoms with Crippen molar-refractivity contribution in [1.29, 1.82) is 0 Å². The molecule has 0 saturated carbocycles. The number of likely N-dealkylation sites (N-methyl/N-ethyl adjacent to an activating group) is 1. The van der Waals surface area contributed by atoms with Crippen LogP contribution in [0.5, 0.6) is 5.75 Å². The lowest BCUT2D eigenvalue weighted by Crippen LogP contribution is -2.47. The van der Waals surface area contributed by atoms with E-state index in [0.717, 1.165) is 4.47 Å². The summed E-state index contributed by atoms with van der Waals surface area (Å²) in [7, 11) is 6.16. The molecule has 1 aliphatic rings. The molecule has 6 nitrogen and oxygen atoms in total. The number of esters is 1. The Morgan fingerprint density at radius 2 is 1.91 bits per heavy atom. The van der Waals surface area contributed by atoms with E-state index in [1.807, 2.05) is 12.1 Å². The van der Waals surface area contributed by atoms with Gasteiger partial charge in [0.1, 0.15) is 5.75 Å². The number of halogens is 1. The Kier molecular flexibility index (Phi) is 4.99. The van der Waals surface area contributed by atoms with Gasteiger partial charge < -0.3 is 19.3 Å². The molecule has 1 aromatic rings. The first-order valence-corrected chi connectivity index (χ1v) is 7.75. The molecule has 2 rings (SSSR count). The second-order valence-corrected chi connectivity index (χ2v) is 6.15. The summed E-state index contributed by atoms with van der Waals surface area (Å²) in [5.41, 5.74) is 1.69. The largest absolute Gasteiger partial charge is 0.496 e. The van der Waals surface area contributed by atoms with Crippen LogP contribution in [-0.4, -0.2) is 50.1 Å². The van der Waals surface area contributed by atoms with Gasteiger partial charge in [-0.1, -0.05) is 15.9 Å². The minimum Gasteiger partial charge on any atom is -0.496 e. The van der Waals surface area contributed by atoms with Crippen molar-refractivity contribution in [2.45, 2.75) is 13.0 Å². The van der Waals surface area contributed by atoms with Gasteiger partial charge in [-0.15, -0.1) is 0 Å². The zero-order chi connectivity index (χ0) is 17.3. The summed E-state index contributed by atoms with van der Waals surface area (Å²) >= 11 is 3.43. The van der Waals surface area contributed by atoms with Crippen molar-refractivity contribution >= 4 is 27.9 Å². The first-order valence-electron chi connectivity index (χ1n) is 6.96. The Bertz CT molecular complexity index is 687. The summed E-state index contributed by atoms with van der Waals surface area (Å²) < 4.78 is 11.2. The maximum Gasteiger partial charge on any atom is 0.337 e. The van der Waals surface area contributed by atoms with Crippen LogP contribution in [0.15, 0.2) is 33.9 Å².